The fourth-order valence-electron chi connectivity index (χ4n) is 2.39. The van der Waals surface area contributed by atoms with Gasteiger partial charge in [0.2, 0.25) is 5.91 Å². The van der Waals surface area contributed by atoms with E-state index in [9.17, 15) is 4.79 Å². The highest BCUT2D eigenvalue weighted by atomic mass is 32.2. The first-order valence-electron chi connectivity index (χ1n) is 7.77. The van der Waals surface area contributed by atoms with Crippen LogP contribution < -0.4 is 5.32 Å². The molecule has 24 heavy (non-hydrogen) atoms. The molecule has 0 atom stereocenters. The molecule has 1 aromatic heterocycles. The maximum Gasteiger partial charge on any atom is 0.230 e. The molecule has 4 nitrogen and oxygen atoms in total. The maximum atomic E-state index is 12.1. The molecule has 0 radical (unpaired) electrons. The van der Waals surface area contributed by atoms with E-state index in [1.165, 1.54) is 5.56 Å². The second kappa shape index (κ2) is 8.36. The molecule has 0 fully saturated rings. The van der Waals surface area contributed by atoms with E-state index in [1.54, 1.807) is 24.3 Å². The third-order valence-electron chi connectivity index (χ3n) is 3.59. The molecule has 122 valence electrons. The SMILES string of the molecule is O=C(CSCc1ccccc1)NCc1ccccc1-n1ccnc1. The van der Waals surface area contributed by atoms with Crippen LogP contribution in [0.15, 0.2) is 73.3 Å². The molecule has 0 spiro atoms. The minimum absolute atomic E-state index is 0.0522. The van der Waals surface area contributed by atoms with E-state index in [2.05, 4.69) is 22.4 Å². The number of hydrogen-bond donors (Lipinski definition) is 1. The van der Waals surface area contributed by atoms with Crippen LogP contribution in [0.3, 0.4) is 0 Å². The number of thioether (sulfide) groups is 1. The Kier molecular flexibility index (Phi) is 5.69. The standard InChI is InChI=1S/C19H19N3OS/c23-19(14-24-13-16-6-2-1-3-7-16)21-12-17-8-4-5-9-18(17)22-11-10-20-15-22/h1-11,15H,12-14H2,(H,21,23). The third kappa shape index (κ3) is 4.49. The van der Waals surface area contributed by atoms with Gasteiger partial charge in [0.1, 0.15) is 0 Å². The molecule has 3 rings (SSSR count). The number of nitrogens with zero attached hydrogens (tertiary/aromatic N) is 2. The van der Waals surface area contributed by atoms with Crippen LogP contribution >= 0.6 is 11.8 Å². The number of para-hydroxylation sites is 1. The van der Waals surface area contributed by atoms with E-state index in [1.807, 2.05) is 53.2 Å². The van der Waals surface area contributed by atoms with Gasteiger partial charge in [0, 0.05) is 24.7 Å². The van der Waals surface area contributed by atoms with Crippen molar-refractivity contribution >= 4 is 17.7 Å². The van der Waals surface area contributed by atoms with Crippen molar-refractivity contribution in [2.45, 2.75) is 12.3 Å². The van der Waals surface area contributed by atoms with Crippen molar-refractivity contribution in [3.8, 4) is 5.69 Å². The minimum atomic E-state index is 0.0522. The molecule has 0 unspecified atom stereocenters. The Morgan fingerprint density at radius 2 is 1.88 bits per heavy atom. The third-order valence-corrected chi connectivity index (χ3v) is 4.60. The van der Waals surface area contributed by atoms with E-state index in [4.69, 9.17) is 0 Å². The Balaban J connectivity index is 1.50. The largest absolute Gasteiger partial charge is 0.351 e. The average molecular weight is 337 g/mol. The van der Waals surface area contributed by atoms with Gasteiger partial charge in [-0.15, -0.1) is 11.8 Å². The monoisotopic (exact) mass is 337 g/mol. The number of nitrogens with one attached hydrogen (secondary N) is 1. The Labute approximate surface area is 145 Å². The normalized spacial score (nSPS) is 10.5. The van der Waals surface area contributed by atoms with Gasteiger partial charge >= 0.3 is 0 Å². The highest BCUT2D eigenvalue weighted by molar-refractivity contribution is 7.99. The quantitative estimate of drug-likeness (QED) is 0.718. The molecule has 2 aromatic carbocycles. The average Bonchev–Trinajstić information content (AvgIpc) is 3.16. The van der Waals surface area contributed by atoms with Crippen LogP contribution in [0, 0.1) is 0 Å². The summed E-state index contributed by atoms with van der Waals surface area (Å²) in [5.74, 6) is 1.36. The number of benzene rings is 2. The van der Waals surface area contributed by atoms with Crippen LogP contribution in [0.5, 0.6) is 0 Å². The van der Waals surface area contributed by atoms with Crippen LogP contribution in [0.4, 0.5) is 0 Å². The Bertz CT molecular complexity index is 772. The summed E-state index contributed by atoms with van der Waals surface area (Å²) in [5, 5.41) is 2.99. The molecule has 0 saturated heterocycles. The summed E-state index contributed by atoms with van der Waals surface area (Å²) in [6, 6.07) is 18.2. The number of hydrogen-bond acceptors (Lipinski definition) is 3. The Morgan fingerprint density at radius 3 is 2.67 bits per heavy atom. The second-order valence-corrected chi connectivity index (χ2v) is 6.34. The van der Waals surface area contributed by atoms with Gasteiger partial charge < -0.3 is 9.88 Å². The van der Waals surface area contributed by atoms with E-state index in [-0.39, 0.29) is 5.91 Å². The smallest absolute Gasteiger partial charge is 0.230 e. The van der Waals surface area contributed by atoms with Crippen molar-refractivity contribution < 1.29 is 4.79 Å². The number of imidazole rings is 1. The number of carbonyl (C=O) groups excluding carboxylic acids is 1. The van der Waals surface area contributed by atoms with Crippen molar-refractivity contribution in [3.05, 3.63) is 84.4 Å². The zero-order valence-electron chi connectivity index (χ0n) is 13.3. The van der Waals surface area contributed by atoms with Crippen LogP contribution in [-0.2, 0) is 17.1 Å². The molecule has 1 heterocycles. The summed E-state index contributed by atoms with van der Waals surface area (Å²) >= 11 is 1.62. The van der Waals surface area contributed by atoms with Gasteiger partial charge in [-0.25, -0.2) is 4.98 Å². The van der Waals surface area contributed by atoms with E-state index >= 15 is 0 Å². The maximum absolute atomic E-state index is 12.1. The zero-order chi connectivity index (χ0) is 16.6. The molecule has 3 aromatic rings. The number of amides is 1. The van der Waals surface area contributed by atoms with E-state index in [0.29, 0.717) is 12.3 Å². The van der Waals surface area contributed by atoms with Crippen molar-refractivity contribution in [1.29, 1.82) is 0 Å². The predicted molar refractivity (Wildman–Crippen MR) is 98.0 cm³/mol. The highest BCUT2D eigenvalue weighted by Gasteiger charge is 2.06. The summed E-state index contributed by atoms with van der Waals surface area (Å²) < 4.78 is 1.95. The fourth-order valence-corrected chi connectivity index (χ4v) is 3.21. The summed E-state index contributed by atoms with van der Waals surface area (Å²) in [6.45, 7) is 0.513. The molecule has 0 aliphatic heterocycles. The molecular formula is C19H19N3OS. The predicted octanol–water partition coefficient (Wildman–Crippen LogP) is 3.42. The lowest BCUT2D eigenvalue weighted by Crippen LogP contribution is -2.25. The van der Waals surface area contributed by atoms with Gasteiger partial charge in [0.15, 0.2) is 0 Å². The first kappa shape index (κ1) is 16.3. The number of rotatable bonds is 7. The molecule has 1 amide bonds. The van der Waals surface area contributed by atoms with Crippen LogP contribution in [0.1, 0.15) is 11.1 Å². The molecule has 0 saturated carbocycles. The summed E-state index contributed by atoms with van der Waals surface area (Å²) in [4.78, 5) is 16.1. The number of carbonyl (C=O) groups is 1. The lowest BCUT2D eigenvalue weighted by molar-refractivity contribution is -0.118. The van der Waals surface area contributed by atoms with Crippen molar-refractivity contribution in [2.24, 2.45) is 0 Å². The molecular weight excluding hydrogens is 318 g/mol. The van der Waals surface area contributed by atoms with Gasteiger partial charge in [-0.1, -0.05) is 48.5 Å². The van der Waals surface area contributed by atoms with Crippen molar-refractivity contribution in [3.63, 3.8) is 0 Å². The number of aromatic nitrogens is 2. The summed E-state index contributed by atoms with van der Waals surface area (Å²) in [5.41, 5.74) is 3.34. The Morgan fingerprint density at radius 1 is 1.08 bits per heavy atom. The van der Waals surface area contributed by atoms with Crippen molar-refractivity contribution in [2.75, 3.05) is 5.75 Å². The lowest BCUT2D eigenvalue weighted by atomic mass is 10.1. The fraction of sp³-hybridized carbons (Fsp3) is 0.158. The first-order chi connectivity index (χ1) is 11.8. The van der Waals surface area contributed by atoms with Gasteiger partial charge in [-0.2, -0.15) is 0 Å². The van der Waals surface area contributed by atoms with Crippen molar-refractivity contribution in [1.82, 2.24) is 14.9 Å². The molecule has 1 N–H and O–H groups in total. The zero-order valence-corrected chi connectivity index (χ0v) is 14.1. The highest BCUT2D eigenvalue weighted by Crippen LogP contribution is 2.14. The van der Waals surface area contributed by atoms with E-state index in [0.717, 1.165) is 17.0 Å². The van der Waals surface area contributed by atoms with Crippen LogP contribution in [-0.4, -0.2) is 21.2 Å². The topological polar surface area (TPSA) is 46.9 Å². The molecule has 5 heteroatoms. The minimum Gasteiger partial charge on any atom is -0.351 e. The Hall–Kier alpha value is -2.53. The van der Waals surface area contributed by atoms with Gasteiger partial charge in [-0.05, 0) is 17.2 Å². The van der Waals surface area contributed by atoms with Gasteiger partial charge in [0.05, 0.1) is 17.8 Å². The lowest BCUT2D eigenvalue weighted by Gasteiger charge is -2.11. The van der Waals surface area contributed by atoms with E-state index < -0.39 is 0 Å². The van der Waals surface area contributed by atoms with Crippen LogP contribution in [0.25, 0.3) is 5.69 Å². The first-order valence-corrected chi connectivity index (χ1v) is 8.93. The van der Waals surface area contributed by atoms with Gasteiger partial charge in [0.25, 0.3) is 0 Å². The van der Waals surface area contributed by atoms with Crippen LogP contribution in [0.2, 0.25) is 0 Å². The summed E-state index contributed by atoms with van der Waals surface area (Å²) in [7, 11) is 0. The summed E-state index contributed by atoms with van der Waals surface area (Å²) in [6.07, 6.45) is 5.41. The second-order valence-electron chi connectivity index (χ2n) is 5.35. The molecule has 0 bridgehead atoms. The molecule has 0 aliphatic carbocycles. The molecule has 0 aliphatic rings. The van der Waals surface area contributed by atoms with Gasteiger partial charge in [-0.3, -0.25) is 4.79 Å².